The van der Waals surface area contributed by atoms with Gasteiger partial charge in [-0.2, -0.15) is 0 Å². The molecule has 0 saturated heterocycles. The third-order valence-electron chi connectivity index (χ3n) is 5.00. The third kappa shape index (κ3) is 4.86. The molecular weight excluding hydrogens is 428 g/mol. The van der Waals surface area contributed by atoms with E-state index in [1.165, 1.54) is 6.07 Å². The van der Waals surface area contributed by atoms with Crippen LogP contribution in [0.3, 0.4) is 0 Å². The molecule has 0 fully saturated rings. The van der Waals surface area contributed by atoms with Crippen molar-refractivity contribution in [3.05, 3.63) is 60.4 Å². The maximum absolute atomic E-state index is 12.8. The number of hydrogen-bond donors (Lipinski definition) is 3. The number of aromatic nitrogens is 3. The summed E-state index contributed by atoms with van der Waals surface area (Å²) < 4.78 is 24.4. The number of carbonyl (C=O) groups is 1. The molecular formula is C22H26N6O3S. The van der Waals surface area contributed by atoms with Gasteiger partial charge in [0.25, 0.3) is 0 Å². The van der Waals surface area contributed by atoms with Crippen LogP contribution in [0.5, 0.6) is 0 Å². The Morgan fingerprint density at radius 1 is 1.03 bits per heavy atom. The zero-order valence-corrected chi connectivity index (χ0v) is 19.1. The van der Waals surface area contributed by atoms with E-state index in [9.17, 15) is 13.2 Å². The fourth-order valence-corrected chi connectivity index (χ4v) is 4.63. The molecule has 0 aliphatic rings. The van der Waals surface area contributed by atoms with Crippen molar-refractivity contribution in [2.45, 2.75) is 37.7 Å². The van der Waals surface area contributed by atoms with Crippen molar-refractivity contribution in [3.8, 4) is 11.4 Å². The number of carbonyl (C=O) groups excluding carboxylic acids is 1. The molecule has 0 aliphatic heterocycles. The molecule has 3 rings (SSSR count). The Balaban J connectivity index is 1.82. The van der Waals surface area contributed by atoms with Crippen LogP contribution < -0.4 is 16.4 Å². The molecule has 9 nitrogen and oxygen atoms in total. The minimum absolute atomic E-state index is 0.175. The number of anilines is 3. The van der Waals surface area contributed by atoms with Gasteiger partial charge in [-0.1, -0.05) is 6.07 Å². The quantitative estimate of drug-likeness (QED) is 0.514. The molecule has 0 atom stereocenters. The Labute approximate surface area is 187 Å². The number of pyridine rings is 1. The summed E-state index contributed by atoms with van der Waals surface area (Å²) in [7, 11) is -3.50. The molecule has 0 bridgehead atoms. The van der Waals surface area contributed by atoms with Gasteiger partial charge in [0.05, 0.1) is 10.9 Å². The zero-order chi connectivity index (χ0) is 23.5. The lowest BCUT2D eigenvalue weighted by Gasteiger charge is -2.27. The van der Waals surface area contributed by atoms with E-state index in [-0.39, 0.29) is 5.82 Å². The van der Waals surface area contributed by atoms with Crippen LogP contribution >= 0.6 is 0 Å². The maximum atomic E-state index is 12.8. The first-order valence-corrected chi connectivity index (χ1v) is 11.5. The molecule has 1 aromatic carbocycles. The van der Waals surface area contributed by atoms with Crippen LogP contribution in [-0.2, 0) is 14.6 Å². The van der Waals surface area contributed by atoms with E-state index in [2.05, 4.69) is 25.6 Å². The number of nitrogens with two attached hydrogens (primary N) is 1. The lowest BCUT2D eigenvalue weighted by Crippen LogP contribution is -2.36. The van der Waals surface area contributed by atoms with Crippen LogP contribution in [0.25, 0.3) is 11.4 Å². The van der Waals surface area contributed by atoms with Gasteiger partial charge in [0.1, 0.15) is 16.4 Å². The Morgan fingerprint density at radius 3 is 2.31 bits per heavy atom. The highest BCUT2D eigenvalue weighted by molar-refractivity contribution is 7.92. The highest BCUT2D eigenvalue weighted by atomic mass is 32.2. The predicted molar refractivity (Wildman–Crippen MR) is 126 cm³/mol. The molecule has 0 unspecified atom stereocenters. The van der Waals surface area contributed by atoms with Gasteiger partial charge in [-0.15, -0.1) is 0 Å². The number of amides is 2. The highest BCUT2D eigenvalue weighted by Gasteiger charge is 2.40. The van der Waals surface area contributed by atoms with Crippen molar-refractivity contribution in [2.24, 2.45) is 0 Å². The number of nitrogen functional groups attached to an aromatic ring is 1. The van der Waals surface area contributed by atoms with Crippen molar-refractivity contribution in [1.82, 2.24) is 15.0 Å². The third-order valence-corrected chi connectivity index (χ3v) is 7.88. The maximum Gasteiger partial charge on any atom is 0.324 e. The van der Waals surface area contributed by atoms with Crippen molar-refractivity contribution in [3.63, 3.8) is 0 Å². The number of nitrogens with one attached hydrogen (secondary N) is 2. The second-order valence-electron chi connectivity index (χ2n) is 7.98. The van der Waals surface area contributed by atoms with Gasteiger partial charge in [0.15, 0.2) is 15.7 Å². The van der Waals surface area contributed by atoms with E-state index in [1.807, 2.05) is 0 Å². The molecule has 0 spiro atoms. The second-order valence-corrected chi connectivity index (χ2v) is 11.0. The first kappa shape index (κ1) is 23.1. The molecule has 32 heavy (non-hydrogen) atoms. The number of urea groups is 1. The molecule has 168 valence electrons. The molecule has 0 radical (unpaired) electrons. The first-order chi connectivity index (χ1) is 15.0. The van der Waals surface area contributed by atoms with Crippen LogP contribution in [0.15, 0.2) is 54.7 Å². The monoisotopic (exact) mass is 454 g/mol. The SMILES string of the molecule is CC(C)S(=O)(=O)C(C)(C)c1cc(N)nc(-c2ccc(NC(=O)Nc3ccccn3)cc2)n1. The minimum atomic E-state index is -3.50. The first-order valence-electron chi connectivity index (χ1n) is 9.98. The van der Waals surface area contributed by atoms with E-state index in [1.54, 1.807) is 76.4 Å². The van der Waals surface area contributed by atoms with Crippen LogP contribution in [0.4, 0.5) is 22.1 Å². The largest absolute Gasteiger partial charge is 0.384 e. The molecule has 3 aromatic rings. The molecule has 10 heteroatoms. The second kappa shape index (κ2) is 8.91. The van der Waals surface area contributed by atoms with Crippen LogP contribution in [0, 0.1) is 0 Å². The molecule has 2 aromatic heterocycles. The summed E-state index contributed by atoms with van der Waals surface area (Å²) in [6, 6.07) is 13.1. The Kier molecular flexibility index (Phi) is 6.45. The fourth-order valence-electron chi connectivity index (χ4n) is 3.06. The van der Waals surface area contributed by atoms with Crippen LogP contribution in [0.2, 0.25) is 0 Å². The van der Waals surface area contributed by atoms with Crippen LogP contribution in [0.1, 0.15) is 33.4 Å². The van der Waals surface area contributed by atoms with Gasteiger partial charge in [0.2, 0.25) is 0 Å². The van der Waals surface area contributed by atoms with Gasteiger partial charge in [-0.3, -0.25) is 5.32 Å². The Bertz CT molecular complexity index is 1210. The average Bonchev–Trinajstić information content (AvgIpc) is 2.74. The Hall–Kier alpha value is -3.53. The van der Waals surface area contributed by atoms with E-state index in [4.69, 9.17) is 5.73 Å². The number of benzene rings is 1. The number of hydrogen-bond acceptors (Lipinski definition) is 7. The normalized spacial score (nSPS) is 11.9. The lowest BCUT2D eigenvalue weighted by atomic mass is 10.1. The van der Waals surface area contributed by atoms with Crippen molar-refractivity contribution in [2.75, 3.05) is 16.4 Å². The molecule has 0 aliphatic carbocycles. The summed E-state index contributed by atoms with van der Waals surface area (Å²) in [4.78, 5) is 24.9. The summed E-state index contributed by atoms with van der Waals surface area (Å²) in [5.74, 6) is 0.909. The van der Waals surface area contributed by atoms with Crippen molar-refractivity contribution < 1.29 is 13.2 Å². The predicted octanol–water partition coefficient (Wildman–Crippen LogP) is 3.82. The highest BCUT2D eigenvalue weighted by Crippen LogP contribution is 2.33. The Morgan fingerprint density at radius 2 is 1.72 bits per heavy atom. The summed E-state index contributed by atoms with van der Waals surface area (Å²) in [6.45, 7) is 6.50. The van der Waals surface area contributed by atoms with Crippen LogP contribution in [-0.4, -0.2) is 34.7 Å². The van der Waals surface area contributed by atoms with Gasteiger partial charge >= 0.3 is 6.03 Å². The average molecular weight is 455 g/mol. The molecule has 4 N–H and O–H groups in total. The van der Waals surface area contributed by atoms with E-state index in [0.717, 1.165) is 0 Å². The van der Waals surface area contributed by atoms with Gasteiger partial charge in [0, 0.05) is 23.5 Å². The van der Waals surface area contributed by atoms with Crippen molar-refractivity contribution >= 4 is 33.2 Å². The topological polar surface area (TPSA) is 140 Å². The smallest absolute Gasteiger partial charge is 0.324 e. The summed E-state index contributed by atoms with van der Waals surface area (Å²) in [6.07, 6.45) is 1.58. The zero-order valence-electron chi connectivity index (χ0n) is 18.3. The fraction of sp³-hybridized carbons (Fsp3) is 0.273. The molecule has 0 saturated carbocycles. The van der Waals surface area contributed by atoms with Crippen molar-refractivity contribution in [1.29, 1.82) is 0 Å². The van der Waals surface area contributed by atoms with E-state index < -0.39 is 25.9 Å². The van der Waals surface area contributed by atoms with Gasteiger partial charge in [-0.05, 0) is 64.1 Å². The lowest BCUT2D eigenvalue weighted by molar-refractivity contribution is 0.262. The molecule has 2 heterocycles. The van der Waals surface area contributed by atoms with E-state index >= 15 is 0 Å². The van der Waals surface area contributed by atoms with Gasteiger partial charge in [-0.25, -0.2) is 28.2 Å². The number of nitrogens with zero attached hydrogens (tertiary/aromatic N) is 3. The summed E-state index contributed by atoms with van der Waals surface area (Å²) in [5, 5.41) is 4.78. The number of sulfone groups is 1. The number of rotatable bonds is 6. The standard InChI is InChI=1S/C22H26N6O3S/c1-14(2)32(30,31)22(3,4)17-13-18(23)27-20(26-17)15-8-10-16(11-9-15)25-21(29)28-19-7-5-6-12-24-19/h5-14H,1-4H3,(H2,23,26,27)(H2,24,25,28,29). The summed E-state index contributed by atoms with van der Waals surface area (Å²) >= 11 is 0. The summed E-state index contributed by atoms with van der Waals surface area (Å²) in [5.41, 5.74) is 7.47. The minimum Gasteiger partial charge on any atom is -0.384 e. The van der Waals surface area contributed by atoms with E-state index in [0.29, 0.717) is 28.6 Å². The molecule has 2 amide bonds. The van der Waals surface area contributed by atoms with Gasteiger partial charge < -0.3 is 11.1 Å².